The van der Waals surface area contributed by atoms with Crippen LogP contribution in [0.1, 0.15) is 12.2 Å². The average Bonchev–Trinajstić information content (AvgIpc) is 3.21. The van der Waals surface area contributed by atoms with E-state index in [1.807, 2.05) is 17.5 Å². The lowest BCUT2D eigenvalue weighted by molar-refractivity contribution is 0.275. The Bertz CT molecular complexity index is 741. The second-order valence-electron chi connectivity index (χ2n) is 4.87. The fraction of sp³-hybridized carbons (Fsp3) is 0.250. The van der Waals surface area contributed by atoms with Crippen LogP contribution in [0, 0.1) is 5.82 Å². The van der Waals surface area contributed by atoms with Gasteiger partial charge in [-0.15, -0.1) is 11.3 Å². The molecule has 0 amide bonds. The molecule has 2 heterocycles. The van der Waals surface area contributed by atoms with Crippen molar-refractivity contribution in [2.45, 2.75) is 19.6 Å². The highest BCUT2D eigenvalue weighted by atomic mass is 32.1. The summed E-state index contributed by atoms with van der Waals surface area (Å²) in [7, 11) is 0. The van der Waals surface area contributed by atoms with E-state index in [9.17, 15) is 4.39 Å². The first-order valence-electron chi connectivity index (χ1n) is 7.23. The van der Waals surface area contributed by atoms with E-state index in [0.717, 1.165) is 10.7 Å². The Kier molecular flexibility index (Phi) is 4.99. The lowest BCUT2D eigenvalue weighted by Crippen LogP contribution is -2.05. The SMILES string of the molecule is OCCCn1nc(COc2ccc(F)cc2)nc1-c1cccs1. The summed E-state index contributed by atoms with van der Waals surface area (Å²) in [5.74, 6) is 1.58. The highest BCUT2D eigenvalue weighted by Gasteiger charge is 2.13. The minimum atomic E-state index is -0.302. The lowest BCUT2D eigenvalue weighted by Gasteiger charge is -2.03. The molecule has 7 heteroatoms. The molecule has 0 bridgehead atoms. The number of aromatic nitrogens is 3. The van der Waals surface area contributed by atoms with Crippen LogP contribution in [0.15, 0.2) is 41.8 Å². The van der Waals surface area contributed by atoms with Gasteiger partial charge in [-0.3, -0.25) is 0 Å². The standard InChI is InChI=1S/C16H16FN3O2S/c17-12-4-6-13(7-5-12)22-11-15-18-16(14-3-1-10-23-14)20(19-15)8-2-9-21/h1,3-7,10,21H,2,8-9,11H2. The molecule has 23 heavy (non-hydrogen) atoms. The van der Waals surface area contributed by atoms with Crippen molar-refractivity contribution >= 4 is 11.3 Å². The molecule has 0 saturated heterocycles. The van der Waals surface area contributed by atoms with E-state index < -0.39 is 0 Å². The molecule has 0 fully saturated rings. The van der Waals surface area contributed by atoms with Gasteiger partial charge in [-0.2, -0.15) is 5.10 Å². The molecular weight excluding hydrogens is 317 g/mol. The lowest BCUT2D eigenvalue weighted by atomic mass is 10.3. The number of aryl methyl sites for hydroxylation is 1. The quantitative estimate of drug-likeness (QED) is 0.722. The number of rotatable bonds is 7. The Morgan fingerprint density at radius 1 is 1.22 bits per heavy atom. The van der Waals surface area contributed by atoms with E-state index >= 15 is 0 Å². The van der Waals surface area contributed by atoms with Crippen molar-refractivity contribution in [3.63, 3.8) is 0 Å². The molecule has 0 radical (unpaired) electrons. The Hall–Kier alpha value is -2.25. The summed E-state index contributed by atoms with van der Waals surface area (Å²) in [5.41, 5.74) is 0. The molecular formula is C16H16FN3O2S. The Morgan fingerprint density at radius 2 is 2.04 bits per heavy atom. The molecule has 0 spiro atoms. The third-order valence-corrected chi connectivity index (χ3v) is 4.03. The van der Waals surface area contributed by atoms with Crippen LogP contribution in [0.25, 0.3) is 10.7 Å². The van der Waals surface area contributed by atoms with Gasteiger partial charge < -0.3 is 9.84 Å². The molecule has 0 aliphatic carbocycles. The van der Waals surface area contributed by atoms with Crippen molar-refractivity contribution in [2.75, 3.05) is 6.61 Å². The highest BCUT2D eigenvalue weighted by molar-refractivity contribution is 7.13. The summed E-state index contributed by atoms with van der Waals surface area (Å²) in [6.07, 6.45) is 0.611. The zero-order valence-electron chi connectivity index (χ0n) is 12.4. The van der Waals surface area contributed by atoms with E-state index in [0.29, 0.717) is 24.5 Å². The Labute approximate surface area is 137 Å². The molecule has 0 aliphatic rings. The number of hydrogen-bond donors (Lipinski definition) is 1. The zero-order valence-corrected chi connectivity index (χ0v) is 13.2. The summed E-state index contributed by atoms with van der Waals surface area (Å²) in [6.45, 7) is 0.897. The fourth-order valence-electron chi connectivity index (χ4n) is 2.09. The Morgan fingerprint density at radius 3 is 2.74 bits per heavy atom. The largest absolute Gasteiger partial charge is 0.486 e. The third-order valence-electron chi connectivity index (χ3n) is 3.17. The first-order valence-corrected chi connectivity index (χ1v) is 8.11. The molecule has 0 saturated carbocycles. The molecule has 2 aromatic heterocycles. The molecule has 0 aliphatic heterocycles. The highest BCUT2D eigenvalue weighted by Crippen LogP contribution is 2.23. The predicted octanol–water partition coefficient (Wildman–Crippen LogP) is 3.11. The van der Waals surface area contributed by atoms with E-state index in [4.69, 9.17) is 9.84 Å². The van der Waals surface area contributed by atoms with Crippen molar-refractivity contribution in [2.24, 2.45) is 0 Å². The Balaban J connectivity index is 1.75. The molecule has 3 aromatic rings. The van der Waals surface area contributed by atoms with E-state index in [1.165, 1.54) is 12.1 Å². The summed E-state index contributed by atoms with van der Waals surface area (Å²) < 4.78 is 20.2. The van der Waals surface area contributed by atoms with E-state index in [-0.39, 0.29) is 19.0 Å². The van der Waals surface area contributed by atoms with Gasteiger partial charge in [-0.05, 0) is 42.1 Å². The van der Waals surface area contributed by atoms with Crippen molar-refractivity contribution in [3.05, 3.63) is 53.4 Å². The number of ether oxygens (including phenoxy) is 1. The number of aliphatic hydroxyl groups excluding tert-OH is 1. The molecule has 1 N–H and O–H groups in total. The summed E-state index contributed by atoms with van der Waals surface area (Å²) >= 11 is 1.58. The second kappa shape index (κ2) is 7.34. The van der Waals surface area contributed by atoms with Crippen LogP contribution < -0.4 is 4.74 Å². The van der Waals surface area contributed by atoms with Crippen LogP contribution >= 0.6 is 11.3 Å². The van der Waals surface area contributed by atoms with Crippen molar-refractivity contribution in [1.82, 2.24) is 14.8 Å². The van der Waals surface area contributed by atoms with Crippen molar-refractivity contribution < 1.29 is 14.2 Å². The molecule has 1 aromatic carbocycles. The van der Waals surface area contributed by atoms with Crippen LogP contribution in [0.5, 0.6) is 5.75 Å². The van der Waals surface area contributed by atoms with Crippen LogP contribution in [0.2, 0.25) is 0 Å². The molecule has 5 nitrogen and oxygen atoms in total. The number of nitrogens with zero attached hydrogens (tertiary/aromatic N) is 3. The average molecular weight is 333 g/mol. The van der Waals surface area contributed by atoms with Gasteiger partial charge in [0.15, 0.2) is 11.6 Å². The second-order valence-corrected chi connectivity index (χ2v) is 5.82. The van der Waals surface area contributed by atoms with Gasteiger partial charge in [0, 0.05) is 13.2 Å². The number of aliphatic hydroxyl groups is 1. The predicted molar refractivity (Wildman–Crippen MR) is 85.8 cm³/mol. The van der Waals surface area contributed by atoms with E-state index in [2.05, 4.69) is 10.1 Å². The molecule has 120 valence electrons. The van der Waals surface area contributed by atoms with Crippen LogP contribution in [-0.4, -0.2) is 26.5 Å². The smallest absolute Gasteiger partial charge is 0.188 e. The topological polar surface area (TPSA) is 60.2 Å². The number of benzene rings is 1. The number of halogens is 1. The van der Waals surface area contributed by atoms with E-state index in [1.54, 1.807) is 28.2 Å². The van der Waals surface area contributed by atoms with Crippen molar-refractivity contribution in [1.29, 1.82) is 0 Å². The van der Waals surface area contributed by atoms with Crippen LogP contribution in [-0.2, 0) is 13.2 Å². The molecule has 0 unspecified atom stereocenters. The van der Waals surface area contributed by atoms with Gasteiger partial charge in [0.05, 0.1) is 4.88 Å². The van der Waals surface area contributed by atoms with Gasteiger partial charge in [0.25, 0.3) is 0 Å². The normalized spacial score (nSPS) is 10.9. The van der Waals surface area contributed by atoms with Crippen LogP contribution in [0.3, 0.4) is 0 Å². The van der Waals surface area contributed by atoms with Gasteiger partial charge in [-0.1, -0.05) is 6.07 Å². The maximum absolute atomic E-state index is 12.9. The number of hydrogen-bond acceptors (Lipinski definition) is 5. The third kappa shape index (κ3) is 3.94. The fourth-order valence-corrected chi connectivity index (χ4v) is 2.81. The van der Waals surface area contributed by atoms with Gasteiger partial charge in [0.1, 0.15) is 18.2 Å². The van der Waals surface area contributed by atoms with Gasteiger partial charge >= 0.3 is 0 Å². The van der Waals surface area contributed by atoms with Crippen molar-refractivity contribution in [3.8, 4) is 16.5 Å². The summed E-state index contributed by atoms with van der Waals surface area (Å²) in [4.78, 5) is 5.54. The van der Waals surface area contributed by atoms with Crippen LogP contribution in [0.4, 0.5) is 4.39 Å². The summed E-state index contributed by atoms with van der Waals surface area (Å²) in [6, 6.07) is 9.77. The first-order chi connectivity index (χ1) is 11.3. The van der Waals surface area contributed by atoms with Gasteiger partial charge in [0.2, 0.25) is 0 Å². The maximum Gasteiger partial charge on any atom is 0.188 e. The first kappa shape index (κ1) is 15.6. The maximum atomic E-state index is 12.9. The minimum Gasteiger partial charge on any atom is -0.486 e. The molecule has 3 rings (SSSR count). The summed E-state index contributed by atoms with van der Waals surface area (Å²) in [5, 5.41) is 15.4. The zero-order chi connectivity index (χ0) is 16.1. The molecule has 0 atom stereocenters. The number of thiophene rings is 1. The minimum absolute atomic E-state index is 0.102. The van der Waals surface area contributed by atoms with Gasteiger partial charge in [-0.25, -0.2) is 14.1 Å². The monoisotopic (exact) mass is 333 g/mol.